The van der Waals surface area contributed by atoms with E-state index in [1.165, 1.54) is 17.6 Å². The minimum atomic E-state index is -0.675. The van der Waals surface area contributed by atoms with Gasteiger partial charge in [-0.25, -0.2) is 9.78 Å². The molecule has 0 saturated heterocycles. The summed E-state index contributed by atoms with van der Waals surface area (Å²) in [5, 5.41) is 0.230. The number of carbonyl (C=O) groups is 2. The number of carbonyl (C=O) groups excluding carboxylic acids is 2. The van der Waals surface area contributed by atoms with Crippen molar-refractivity contribution < 1.29 is 19.1 Å². The van der Waals surface area contributed by atoms with Crippen molar-refractivity contribution in [2.75, 3.05) is 13.7 Å². The van der Waals surface area contributed by atoms with Gasteiger partial charge in [0.2, 0.25) is 0 Å². The first-order chi connectivity index (χ1) is 16.8. The summed E-state index contributed by atoms with van der Waals surface area (Å²) in [4.78, 5) is 48.5. The third-order valence-electron chi connectivity index (χ3n) is 5.38. The largest absolute Gasteiger partial charge is 0.497 e. The average Bonchev–Trinajstić information content (AvgIpc) is 2.85. The number of rotatable bonds is 6. The maximum Gasteiger partial charge on any atom is 0.341 e. The van der Waals surface area contributed by atoms with Gasteiger partial charge in [-0.1, -0.05) is 19.9 Å². The van der Waals surface area contributed by atoms with E-state index in [9.17, 15) is 14.4 Å². The van der Waals surface area contributed by atoms with Crippen LogP contribution in [0.5, 0.6) is 5.75 Å². The summed E-state index contributed by atoms with van der Waals surface area (Å²) in [6, 6.07) is 13.2. The van der Waals surface area contributed by atoms with E-state index in [2.05, 4.69) is 9.98 Å². The lowest BCUT2D eigenvalue weighted by molar-refractivity contribution is 0.0523. The molecule has 0 fully saturated rings. The molecule has 0 bridgehead atoms. The van der Waals surface area contributed by atoms with E-state index >= 15 is 0 Å². The quantitative estimate of drug-likeness (QED) is 0.314. The fraction of sp³-hybridized carbons (Fsp3) is 0.269. The number of ether oxygens (including phenoxy) is 2. The van der Waals surface area contributed by atoms with E-state index in [-0.39, 0.29) is 34.5 Å². The van der Waals surface area contributed by atoms with Crippen molar-refractivity contribution >= 4 is 28.6 Å². The molecule has 9 nitrogen and oxygen atoms in total. The summed E-state index contributed by atoms with van der Waals surface area (Å²) in [5.41, 5.74) is 0.891. The third-order valence-corrected chi connectivity index (χ3v) is 5.38. The number of benzene rings is 1. The van der Waals surface area contributed by atoms with Gasteiger partial charge in [0.15, 0.2) is 5.49 Å². The molecule has 35 heavy (non-hydrogen) atoms. The minimum Gasteiger partial charge on any atom is -0.497 e. The number of fused-ring (bicyclic) bond motifs is 2. The standard InChI is InChI=1S/C26H26N4O5/c1-5-35-26(33)20-14-19-22(27-21-8-6-7-13-29(21)25(19)32)30(15-16(2)3)23(20)28-24(31)17-9-11-18(34-4)12-10-17/h6-14,16H,5,15H2,1-4H3. The summed E-state index contributed by atoms with van der Waals surface area (Å²) in [7, 11) is 1.54. The Hall–Kier alpha value is -4.27. The van der Waals surface area contributed by atoms with Crippen molar-refractivity contribution in [2.45, 2.75) is 27.3 Å². The van der Waals surface area contributed by atoms with E-state index < -0.39 is 11.9 Å². The van der Waals surface area contributed by atoms with Crippen LogP contribution in [0.25, 0.3) is 16.7 Å². The second-order valence-corrected chi connectivity index (χ2v) is 8.34. The molecule has 0 unspecified atom stereocenters. The zero-order chi connectivity index (χ0) is 25.1. The Labute approximate surface area is 201 Å². The molecule has 1 amide bonds. The molecule has 0 spiro atoms. The number of esters is 1. The maximum absolute atomic E-state index is 13.3. The predicted octanol–water partition coefficient (Wildman–Crippen LogP) is 3.23. The van der Waals surface area contributed by atoms with Gasteiger partial charge < -0.3 is 14.0 Å². The Morgan fingerprint density at radius 2 is 1.86 bits per heavy atom. The van der Waals surface area contributed by atoms with E-state index in [0.29, 0.717) is 29.2 Å². The molecule has 3 aromatic heterocycles. The molecule has 0 N–H and O–H groups in total. The van der Waals surface area contributed by atoms with E-state index in [1.807, 2.05) is 13.8 Å². The molecule has 0 aliphatic heterocycles. The number of hydrogen-bond acceptors (Lipinski definition) is 6. The van der Waals surface area contributed by atoms with Crippen LogP contribution in [0.2, 0.25) is 0 Å². The monoisotopic (exact) mass is 474 g/mol. The minimum absolute atomic E-state index is 0.0247. The topological polar surface area (TPSA) is 104 Å². The third kappa shape index (κ3) is 4.70. The number of methoxy groups -OCH3 is 1. The molecular formula is C26H26N4O5. The predicted molar refractivity (Wildman–Crippen MR) is 131 cm³/mol. The Morgan fingerprint density at radius 1 is 1.11 bits per heavy atom. The SMILES string of the molecule is CCOC(=O)c1cc2c(=O)n3ccccc3nc2n(CC(C)C)c1=NC(=O)c1ccc(OC)cc1. The van der Waals surface area contributed by atoms with Gasteiger partial charge in [-0.15, -0.1) is 0 Å². The van der Waals surface area contributed by atoms with Gasteiger partial charge in [-0.3, -0.25) is 14.0 Å². The van der Waals surface area contributed by atoms with Crippen LogP contribution in [-0.4, -0.2) is 39.5 Å². The van der Waals surface area contributed by atoms with E-state index in [1.54, 1.807) is 60.2 Å². The number of amides is 1. The molecule has 4 rings (SSSR count). The molecule has 0 saturated carbocycles. The second kappa shape index (κ2) is 9.92. The van der Waals surface area contributed by atoms with Crippen LogP contribution in [0.4, 0.5) is 0 Å². The van der Waals surface area contributed by atoms with Gasteiger partial charge in [0.25, 0.3) is 11.5 Å². The number of pyridine rings is 2. The lowest BCUT2D eigenvalue weighted by Crippen LogP contribution is -2.33. The van der Waals surface area contributed by atoms with Crippen molar-refractivity contribution in [3.63, 3.8) is 0 Å². The summed E-state index contributed by atoms with van der Waals surface area (Å²) < 4.78 is 13.5. The van der Waals surface area contributed by atoms with Crippen LogP contribution in [0.15, 0.2) is 64.5 Å². The lowest BCUT2D eigenvalue weighted by Gasteiger charge is -2.16. The molecule has 0 aliphatic carbocycles. The molecule has 0 aliphatic rings. The van der Waals surface area contributed by atoms with Crippen molar-refractivity contribution in [3.05, 3.63) is 81.7 Å². The Morgan fingerprint density at radius 3 is 2.51 bits per heavy atom. The Kier molecular flexibility index (Phi) is 6.77. The highest BCUT2D eigenvalue weighted by atomic mass is 16.5. The Balaban J connectivity index is 2.09. The zero-order valence-corrected chi connectivity index (χ0v) is 20.0. The van der Waals surface area contributed by atoms with Gasteiger partial charge in [0.1, 0.15) is 22.6 Å². The molecule has 1 aromatic carbocycles. The summed E-state index contributed by atoms with van der Waals surface area (Å²) in [5.74, 6) is -0.522. The van der Waals surface area contributed by atoms with Crippen LogP contribution in [0.1, 0.15) is 41.5 Å². The van der Waals surface area contributed by atoms with E-state index in [0.717, 1.165) is 0 Å². The zero-order valence-electron chi connectivity index (χ0n) is 20.0. The summed E-state index contributed by atoms with van der Waals surface area (Å²) >= 11 is 0. The van der Waals surface area contributed by atoms with Crippen LogP contribution in [-0.2, 0) is 11.3 Å². The summed E-state index contributed by atoms with van der Waals surface area (Å²) in [6.07, 6.45) is 1.62. The number of hydrogen-bond donors (Lipinski definition) is 0. The first-order valence-corrected chi connectivity index (χ1v) is 11.3. The Bertz CT molecular complexity index is 1550. The van der Waals surface area contributed by atoms with Crippen molar-refractivity contribution in [1.82, 2.24) is 14.0 Å². The molecule has 0 atom stereocenters. The normalized spacial score (nSPS) is 11.9. The highest BCUT2D eigenvalue weighted by Gasteiger charge is 2.20. The molecule has 4 aromatic rings. The van der Waals surface area contributed by atoms with Crippen LogP contribution >= 0.6 is 0 Å². The fourth-order valence-corrected chi connectivity index (χ4v) is 3.79. The van der Waals surface area contributed by atoms with E-state index in [4.69, 9.17) is 9.47 Å². The lowest BCUT2D eigenvalue weighted by atomic mass is 10.1. The first kappa shape index (κ1) is 23.9. The smallest absolute Gasteiger partial charge is 0.341 e. The van der Waals surface area contributed by atoms with Crippen molar-refractivity contribution in [2.24, 2.45) is 10.9 Å². The number of nitrogens with zero attached hydrogens (tertiary/aromatic N) is 4. The number of aromatic nitrogens is 3. The second-order valence-electron chi connectivity index (χ2n) is 8.34. The van der Waals surface area contributed by atoms with Crippen LogP contribution in [0.3, 0.4) is 0 Å². The van der Waals surface area contributed by atoms with Crippen LogP contribution in [0, 0.1) is 5.92 Å². The van der Waals surface area contributed by atoms with Crippen LogP contribution < -0.4 is 15.8 Å². The summed E-state index contributed by atoms with van der Waals surface area (Å²) in [6.45, 7) is 6.15. The average molecular weight is 475 g/mol. The van der Waals surface area contributed by atoms with Gasteiger partial charge in [-0.05, 0) is 55.3 Å². The van der Waals surface area contributed by atoms with Gasteiger partial charge in [-0.2, -0.15) is 4.99 Å². The maximum atomic E-state index is 13.3. The molecule has 3 heterocycles. The van der Waals surface area contributed by atoms with Gasteiger partial charge in [0, 0.05) is 18.3 Å². The molecule has 180 valence electrons. The molecule has 9 heteroatoms. The van der Waals surface area contributed by atoms with Gasteiger partial charge >= 0.3 is 5.97 Å². The van der Waals surface area contributed by atoms with Crippen molar-refractivity contribution in [3.8, 4) is 5.75 Å². The molecule has 0 radical (unpaired) electrons. The van der Waals surface area contributed by atoms with Crippen molar-refractivity contribution in [1.29, 1.82) is 0 Å². The molecular weight excluding hydrogens is 448 g/mol. The highest BCUT2D eigenvalue weighted by molar-refractivity contribution is 5.97. The first-order valence-electron chi connectivity index (χ1n) is 11.3. The fourth-order valence-electron chi connectivity index (χ4n) is 3.79. The van der Waals surface area contributed by atoms with Gasteiger partial charge in [0.05, 0.1) is 19.1 Å². The highest BCUT2D eigenvalue weighted by Crippen LogP contribution is 2.15.